The minimum absolute atomic E-state index is 0.00624. The summed E-state index contributed by atoms with van der Waals surface area (Å²) in [4.78, 5) is 14.8. The topological polar surface area (TPSA) is 65.5 Å². The molecule has 2 atom stereocenters. The van der Waals surface area contributed by atoms with E-state index in [1.807, 2.05) is 0 Å². The van der Waals surface area contributed by atoms with E-state index in [0.717, 1.165) is 63.9 Å². The monoisotopic (exact) mass is 522 g/mol. The van der Waals surface area contributed by atoms with E-state index in [-0.39, 0.29) is 5.41 Å². The predicted molar refractivity (Wildman–Crippen MR) is 156 cm³/mol. The first kappa shape index (κ1) is 26.2. The van der Waals surface area contributed by atoms with Crippen molar-refractivity contribution in [3.05, 3.63) is 42.0 Å². The quantitative estimate of drug-likeness (QED) is 0.507. The van der Waals surface area contributed by atoms with Crippen LogP contribution in [0.3, 0.4) is 0 Å². The summed E-state index contributed by atoms with van der Waals surface area (Å²) in [6.07, 6.45) is 8.13. The summed E-state index contributed by atoms with van der Waals surface area (Å²) in [5.41, 5.74) is 1.35. The van der Waals surface area contributed by atoms with Crippen LogP contribution in [0.4, 0.5) is 17.6 Å². The van der Waals surface area contributed by atoms with Gasteiger partial charge in [0.1, 0.15) is 11.6 Å². The molecule has 0 spiro atoms. The van der Waals surface area contributed by atoms with E-state index in [1.165, 1.54) is 37.7 Å². The number of rotatable bonds is 6. The summed E-state index contributed by atoms with van der Waals surface area (Å²) < 4.78 is 5.70. The Bertz CT molecular complexity index is 1040. The highest BCUT2D eigenvalue weighted by Crippen LogP contribution is 2.34. The minimum atomic E-state index is 0.00624. The van der Waals surface area contributed by atoms with Crippen molar-refractivity contribution in [3.63, 3.8) is 0 Å². The third-order valence-corrected chi connectivity index (χ3v) is 8.67. The second kappa shape index (κ2) is 11.9. The third kappa shape index (κ3) is 6.34. The molecule has 3 aliphatic rings. The van der Waals surface area contributed by atoms with Gasteiger partial charge in [-0.15, -0.1) is 0 Å². The maximum absolute atomic E-state index is 5.78. The van der Waals surface area contributed by atoms with Crippen molar-refractivity contribution in [3.8, 4) is 0 Å². The Kier molecular flexibility index (Phi) is 8.45. The van der Waals surface area contributed by atoms with Crippen LogP contribution in [0.1, 0.15) is 64.4 Å². The molecular formula is C29H42N6OS. The summed E-state index contributed by atoms with van der Waals surface area (Å²) in [5.74, 6) is 3.27. The van der Waals surface area contributed by atoms with Gasteiger partial charge in [0.2, 0.25) is 5.95 Å². The first-order chi connectivity index (χ1) is 18.0. The Labute approximate surface area is 227 Å². The molecule has 8 heteroatoms. The van der Waals surface area contributed by atoms with Gasteiger partial charge in [-0.2, -0.15) is 9.97 Å². The summed E-state index contributed by atoms with van der Waals surface area (Å²) in [5, 5.41) is 7.43. The van der Waals surface area contributed by atoms with Crippen LogP contribution < -0.4 is 20.4 Å². The van der Waals surface area contributed by atoms with Gasteiger partial charge in [0.25, 0.3) is 0 Å². The first-order valence-corrected chi connectivity index (χ1v) is 14.5. The number of piperidine rings is 2. The van der Waals surface area contributed by atoms with Gasteiger partial charge in [0.05, 0.1) is 0 Å². The highest BCUT2D eigenvalue weighted by molar-refractivity contribution is 7.80. The van der Waals surface area contributed by atoms with Gasteiger partial charge >= 0.3 is 0 Å². The van der Waals surface area contributed by atoms with Gasteiger partial charge in [0.15, 0.2) is 5.11 Å². The van der Waals surface area contributed by atoms with Crippen LogP contribution >= 0.6 is 12.2 Å². The number of benzene rings is 1. The largest absolute Gasteiger partial charge is 0.381 e. The average molecular weight is 523 g/mol. The standard InChI is InChI=1S/C29H42N6OS/c1-22-9-8-15-34(20-22)25-19-26(35-16-7-6-10-23(35)2)32-27(31-25)33-28(37)30-21-29(13-17-36-18-14-29)24-11-4-3-5-12-24/h3-5,11-12,19,22-23H,6-10,13-18,20-21H2,1-2H3,(H2,30,31,32,33,37)/t22-,23+/m1/s1. The lowest BCUT2D eigenvalue weighted by Gasteiger charge is -2.38. The Morgan fingerprint density at radius 1 is 1.03 bits per heavy atom. The SMILES string of the molecule is C[C@@H]1CCCN(c2cc(N3CCCC[C@@H]3C)nc(NC(=S)NCC3(c4ccccc4)CCOCC3)n2)C1. The molecule has 1 aromatic heterocycles. The van der Waals surface area contributed by atoms with E-state index in [1.54, 1.807) is 0 Å². The van der Waals surface area contributed by atoms with Gasteiger partial charge in [-0.3, -0.25) is 0 Å². The van der Waals surface area contributed by atoms with E-state index < -0.39 is 0 Å². The normalized spacial score (nSPS) is 23.9. The maximum atomic E-state index is 5.78. The van der Waals surface area contributed by atoms with E-state index >= 15 is 0 Å². The zero-order valence-electron chi connectivity index (χ0n) is 22.4. The van der Waals surface area contributed by atoms with Crippen LogP contribution in [0.2, 0.25) is 0 Å². The molecule has 37 heavy (non-hydrogen) atoms. The number of hydrogen-bond donors (Lipinski definition) is 2. The second-order valence-corrected chi connectivity index (χ2v) is 11.6. The van der Waals surface area contributed by atoms with Crippen LogP contribution in [0.15, 0.2) is 36.4 Å². The molecule has 5 rings (SSSR count). The molecule has 0 bridgehead atoms. The number of nitrogens with zero attached hydrogens (tertiary/aromatic N) is 4. The summed E-state index contributed by atoms with van der Waals surface area (Å²) in [6.45, 7) is 10.1. The second-order valence-electron chi connectivity index (χ2n) is 11.2. The predicted octanol–water partition coefficient (Wildman–Crippen LogP) is 5.13. The lowest BCUT2D eigenvalue weighted by Crippen LogP contribution is -2.45. The van der Waals surface area contributed by atoms with Gasteiger partial charge < -0.3 is 25.2 Å². The van der Waals surface area contributed by atoms with E-state index in [2.05, 4.69) is 70.7 Å². The molecule has 3 fully saturated rings. The Morgan fingerprint density at radius 3 is 2.57 bits per heavy atom. The molecule has 200 valence electrons. The lowest BCUT2D eigenvalue weighted by molar-refractivity contribution is 0.0515. The van der Waals surface area contributed by atoms with Crippen molar-refractivity contribution >= 4 is 34.9 Å². The molecule has 7 nitrogen and oxygen atoms in total. The van der Waals surface area contributed by atoms with E-state index in [4.69, 9.17) is 26.9 Å². The Hall–Kier alpha value is -2.45. The van der Waals surface area contributed by atoms with Crippen LogP contribution in [0.25, 0.3) is 0 Å². The zero-order chi connectivity index (χ0) is 25.7. The Morgan fingerprint density at radius 2 is 1.81 bits per heavy atom. The highest BCUT2D eigenvalue weighted by atomic mass is 32.1. The maximum Gasteiger partial charge on any atom is 0.232 e. The van der Waals surface area contributed by atoms with Crippen molar-refractivity contribution in [1.29, 1.82) is 0 Å². The van der Waals surface area contributed by atoms with Crippen LogP contribution in [0, 0.1) is 5.92 Å². The number of anilines is 3. The number of hydrogen-bond acceptors (Lipinski definition) is 6. The number of nitrogens with one attached hydrogen (secondary N) is 2. The summed E-state index contributed by atoms with van der Waals surface area (Å²) >= 11 is 5.78. The molecule has 1 aromatic carbocycles. The lowest BCUT2D eigenvalue weighted by atomic mass is 9.74. The fraction of sp³-hybridized carbons (Fsp3) is 0.621. The molecule has 0 aliphatic carbocycles. The number of aromatic nitrogens is 2. The summed E-state index contributed by atoms with van der Waals surface area (Å²) in [6, 6.07) is 13.4. The van der Waals surface area contributed by atoms with Crippen LogP contribution in [-0.4, -0.2) is 60.5 Å². The van der Waals surface area contributed by atoms with Crippen molar-refractivity contribution in [2.45, 2.75) is 70.3 Å². The van der Waals surface area contributed by atoms with E-state index in [9.17, 15) is 0 Å². The molecule has 3 aliphatic heterocycles. The van der Waals surface area contributed by atoms with Gasteiger partial charge in [-0.25, -0.2) is 0 Å². The molecule has 0 unspecified atom stereocenters. The fourth-order valence-corrected chi connectivity index (χ4v) is 6.30. The molecule has 0 amide bonds. The average Bonchev–Trinajstić information content (AvgIpc) is 2.93. The molecule has 4 heterocycles. The molecule has 0 saturated carbocycles. The molecule has 3 saturated heterocycles. The van der Waals surface area contributed by atoms with Gasteiger partial charge in [-0.1, -0.05) is 37.3 Å². The third-order valence-electron chi connectivity index (χ3n) is 8.43. The van der Waals surface area contributed by atoms with Gasteiger partial charge in [0, 0.05) is 56.9 Å². The number of thiocarbonyl (C=S) groups is 1. The van der Waals surface area contributed by atoms with E-state index in [0.29, 0.717) is 23.0 Å². The highest BCUT2D eigenvalue weighted by Gasteiger charge is 2.34. The van der Waals surface area contributed by atoms with Crippen LogP contribution in [-0.2, 0) is 10.2 Å². The summed E-state index contributed by atoms with van der Waals surface area (Å²) in [7, 11) is 0. The minimum Gasteiger partial charge on any atom is -0.381 e. The molecular weight excluding hydrogens is 480 g/mol. The zero-order valence-corrected chi connectivity index (χ0v) is 23.2. The molecule has 0 radical (unpaired) electrons. The number of ether oxygens (including phenoxy) is 1. The first-order valence-electron chi connectivity index (χ1n) is 14.1. The van der Waals surface area contributed by atoms with Crippen molar-refractivity contribution in [2.75, 3.05) is 54.5 Å². The van der Waals surface area contributed by atoms with Crippen molar-refractivity contribution in [1.82, 2.24) is 15.3 Å². The molecule has 2 aromatic rings. The van der Waals surface area contributed by atoms with Gasteiger partial charge in [-0.05, 0) is 75.6 Å². The van der Waals surface area contributed by atoms with Crippen molar-refractivity contribution < 1.29 is 4.74 Å². The smallest absolute Gasteiger partial charge is 0.232 e. The fourth-order valence-electron chi connectivity index (χ4n) is 6.14. The van der Waals surface area contributed by atoms with Crippen molar-refractivity contribution in [2.24, 2.45) is 5.92 Å². The Balaban J connectivity index is 1.34. The molecule has 2 N–H and O–H groups in total. The van der Waals surface area contributed by atoms with Crippen LogP contribution in [0.5, 0.6) is 0 Å².